The molecular weight excluding hydrogens is 228 g/mol. The van der Waals surface area contributed by atoms with Gasteiger partial charge < -0.3 is 14.6 Å². The third kappa shape index (κ3) is 2.85. The fourth-order valence-electron chi connectivity index (χ4n) is 2.60. The van der Waals surface area contributed by atoms with Crippen molar-refractivity contribution in [2.24, 2.45) is 5.92 Å². The lowest BCUT2D eigenvalue weighted by molar-refractivity contribution is 0.129. The number of hydrogen-bond acceptors (Lipinski definition) is 3. The molecule has 0 bridgehead atoms. The third-order valence-electron chi connectivity index (χ3n) is 3.72. The maximum atomic E-state index is 10.4. The SMILES string of the molecule is COc1cc(C)c(C(O)CC2CCOC2)cc1C. The molecule has 3 nitrogen and oxygen atoms in total. The fourth-order valence-corrected chi connectivity index (χ4v) is 2.60. The van der Waals surface area contributed by atoms with E-state index in [9.17, 15) is 5.11 Å². The van der Waals surface area contributed by atoms with Gasteiger partial charge in [-0.1, -0.05) is 0 Å². The minimum atomic E-state index is -0.402. The van der Waals surface area contributed by atoms with Gasteiger partial charge in [0.25, 0.3) is 0 Å². The first-order valence-electron chi connectivity index (χ1n) is 6.52. The van der Waals surface area contributed by atoms with Crippen LogP contribution < -0.4 is 4.74 Å². The van der Waals surface area contributed by atoms with E-state index >= 15 is 0 Å². The summed E-state index contributed by atoms with van der Waals surface area (Å²) in [7, 11) is 1.67. The molecule has 1 aliphatic heterocycles. The highest BCUT2D eigenvalue weighted by Gasteiger charge is 2.21. The third-order valence-corrected chi connectivity index (χ3v) is 3.72. The Kier molecular flexibility index (Phi) is 4.25. The Morgan fingerprint density at radius 1 is 1.39 bits per heavy atom. The minimum absolute atomic E-state index is 0.402. The topological polar surface area (TPSA) is 38.7 Å². The lowest BCUT2D eigenvalue weighted by Gasteiger charge is -2.18. The van der Waals surface area contributed by atoms with Gasteiger partial charge in [0.15, 0.2) is 0 Å². The highest BCUT2D eigenvalue weighted by Crippen LogP contribution is 2.31. The predicted octanol–water partition coefficient (Wildman–Crippen LogP) is 2.77. The summed E-state index contributed by atoms with van der Waals surface area (Å²) in [5.41, 5.74) is 3.17. The molecule has 2 rings (SSSR count). The van der Waals surface area contributed by atoms with Gasteiger partial charge in [0.05, 0.1) is 13.2 Å². The van der Waals surface area contributed by atoms with Crippen LogP contribution in [0.4, 0.5) is 0 Å². The van der Waals surface area contributed by atoms with Crippen molar-refractivity contribution in [2.45, 2.75) is 32.8 Å². The van der Waals surface area contributed by atoms with E-state index in [1.54, 1.807) is 7.11 Å². The van der Waals surface area contributed by atoms with Crippen LogP contribution in [0.5, 0.6) is 5.75 Å². The predicted molar refractivity (Wildman–Crippen MR) is 71.0 cm³/mol. The summed E-state index contributed by atoms with van der Waals surface area (Å²) in [6.07, 6.45) is 1.44. The van der Waals surface area contributed by atoms with Gasteiger partial charge in [0.1, 0.15) is 5.75 Å². The van der Waals surface area contributed by atoms with E-state index in [1.807, 2.05) is 26.0 Å². The molecule has 0 aliphatic carbocycles. The molecule has 1 fully saturated rings. The first-order chi connectivity index (χ1) is 8.61. The van der Waals surface area contributed by atoms with E-state index in [1.165, 1.54) is 0 Å². The van der Waals surface area contributed by atoms with E-state index in [2.05, 4.69) is 0 Å². The van der Waals surface area contributed by atoms with Crippen LogP contribution in [0.3, 0.4) is 0 Å². The molecule has 1 aliphatic rings. The number of benzene rings is 1. The van der Waals surface area contributed by atoms with Crippen molar-refractivity contribution in [1.82, 2.24) is 0 Å². The van der Waals surface area contributed by atoms with Crippen LogP contribution >= 0.6 is 0 Å². The number of aryl methyl sites for hydroxylation is 2. The number of rotatable bonds is 4. The zero-order chi connectivity index (χ0) is 13.1. The van der Waals surface area contributed by atoms with Crippen molar-refractivity contribution in [3.63, 3.8) is 0 Å². The minimum Gasteiger partial charge on any atom is -0.496 e. The van der Waals surface area contributed by atoms with E-state index in [0.717, 1.165) is 48.5 Å². The lowest BCUT2D eigenvalue weighted by Crippen LogP contribution is -2.09. The van der Waals surface area contributed by atoms with Gasteiger partial charge in [-0.15, -0.1) is 0 Å². The summed E-state index contributed by atoms with van der Waals surface area (Å²) in [6.45, 7) is 5.64. The van der Waals surface area contributed by atoms with Crippen LogP contribution in [0, 0.1) is 19.8 Å². The lowest BCUT2D eigenvalue weighted by atomic mass is 9.92. The molecule has 0 saturated carbocycles. The highest BCUT2D eigenvalue weighted by molar-refractivity contribution is 5.42. The van der Waals surface area contributed by atoms with E-state index in [0.29, 0.717) is 5.92 Å². The quantitative estimate of drug-likeness (QED) is 0.893. The summed E-state index contributed by atoms with van der Waals surface area (Å²) in [4.78, 5) is 0. The van der Waals surface area contributed by atoms with Crippen LogP contribution in [0.1, 0.15) is 35.6 Å². The van der Waals surface area contributed by atoms with Gasteiger partial charge in [-0.25, -0.2) is 0 Å². The number of aliphatic hydroxyl groups is 1. The maximum absolute atomic E-state index is 10.4. The molecule has 2 unspecified atom stereocenters. The maximum Gasteiger partial charge on any atom is 0.122 e. The highest BCUT2D eigenvalue weighted by atomic mass is 16.5. The molecule has 1 heterocycles. The van der Waals surface area contributed by atoms with Crippen LogP contribution in [0.15, 0.2) is 12.1 Å². The Labute approximate surface area is 109 Å². The molecule has 1 N–H and O–H groups in total. The summed E-state index contributed by atoms with van der Waals surface area (Å²) >= 11 is 0. The Bertz CT molecular complexity index is 408. The Morgan fingerprint density at radius 3 is 2.78 bits per heavy atom. The number of hydrogen-bond donors (Lipinski definition) is 1. The zero-order valence-corrected chi connectivity index (χ0v) is 11.4. The van der Waals surface area contributed by atoms with Crippen LogP contribution in [-0.4, -0.2) is 25.4 Å². The molecule has 1 saturated heterocycles. The molecule has 2 atom stereocenters. The van der Waals surface area contributed by atoms with Crippen LogP contribution in [0.25, 0.3) is 0 Å². The normalized spacial score (nSPS) is 21.0. The van der Waals surface area contributed by atoms with Crippen molar-refractivity contribution < 1.29 is 14.6 Å². The van der Waals surface area contributed by atoms with Gasteiger partial charge in [-0.3, -0.25) is 0 Å². The van der Waals surface area contributed by atoms with Gasteiger partial charge in [0, 0.05) is 13.2 Å². The van der Waals surface area contributed by atoms with Crippen molar-refractivity contribution in [1.29, 1.82) is 0 Å². The second-order valence-corrected chi connectivity index (χ2v) is 5.16. The second-order valence-electron chi connectivity index (χ2n) is 5.16. The fraction of sp³-hybridized carbons (Fsp3) is 0.600. The Balaban J connectivity index is 2.13. The molecule has 18 heavy (non-hydrogen) atoms. The van der Waals surface area contributed by atoms with Gasteiger partial charge in [-0.2, -0.15) is 0 Å². The van der Waals surface area contributed by atoms with Crippen LogP contribution in [-0.2, 0) is 4.74 Å². The van der Waals surface area contributed by atoms with Crippen LogP contribution in [0.2, 0.25) is 0 Å². The number of aliphatic hydroxyl groups excluding tert-OH is 1. The second kappa shape index (κ2) is 5.72. The van der Waals surface area contributed by atoms with Gasteiger partial charge >= 0.3 is 0 Å². The summed E-state index contributed by atoms with van der Waals surface area (Å²) in [5, 5.41) is 10.4. The van der Waals surface area contributed by atoms with E-state index in [4.69, 9.17) is 9.47 Å². The summed E-state index contributed by atoms with van der Waals surface area (Å²) < 4.78 is 10.6. The van der Waals surface area contributed by atoms with Crippen molar-refractivity contribution in [3.05, 3.63) is 28.8 Å². The van der Waals surface area contributed by atoms with Gasteiger partial charge in [-0.05, 0) is 61.4 Å². The van der Waals surface area contributed by atoms with E-state index in [-0.39, 0.29) is 0 Å². The first-order valence-corrected chi connectivity index (χ1v) is 6.52. The molecule has 0 spiro atoms. The Hall–Kier alpha value is -1.06. The smallest absolute Gasteiger partial charge is 0.122 e. The van der Waals surface area contributed by atoms with Crippen molar-refractivity contribution in [2.75, 3.05) is 20.3 Å². The monoisotopic (exact) mass is 250 g/mol. The first kappa shape index (κ1) is 13.4. The largest absolute Gasteiger partial charge is 0.496 e. The van der Waals surface area contributed by atoms with Crippen molar-refractivity contribution in [3.8, 4) is 5.75 Å². The molecule has 1 aromatic rings. The molecule has 0 aromatic heterocycles. The molecular formula is C15H22O3. The average Bonchev–Trinajstić information content (AvgIpc) is 2.84. The molecule has 0 amide bonds. The summed E-state index contributed by atoms with van der Waals surface area (Å²) in [6, 6.07) is 4.04. The Morgan fingerprint density at radius 2 is 2.17 bits per heavy atom. The van der Waals surface area contributed by atoms with Gasteiger partial charge in [0.2, 0.25) is 0 Å². The molecule has 3 heteroatoms. The zero-order valence-electron chi connectivity index (χ0n) is 11.4. The summed E-state index contributed by atoms with van der Waals surface area (Å²) in [5.74, 6) is 1.37. The molecule has 1 aromatic carbocycles. The number of ether oxygens (including phenoxy) is 2. The molecule has 0 radical (unpaired) electrons. The average molecular weight is 250 g/mol. The number of methoxy groups -OCH3 is 1. The standard InChI is InChI=1S/C15H22O3/c1-10-7-15(17-3)11(2)6-13(10)14(16)8-12-4-5-18-9-12/h6-7,12,14,16H,4-5,8-9H2,1-3H3. The molecule has 100 valence electrons. The van der Waals surface area contributed by atoms with E-state index < -0.39 is 6.10 Å². The van der Waals surface area contributed by atoms with Crippen molar-refractivity contribution >= 4 is 0 Å².